The van der Waals surface area contributed by atoms with Crippen molar-refractivity contribution < 1.29 is 13.9 Å². The molecule has 7 heteroatoms. The van der Waals surface area contributed by atoms with Crippen LogP contribution in [0.15, 0.2) is 35.1 Å². The van der Waals surface area contributed by atoms with Gasteiger partial charge in [-0.3, -0.25) is 9.59 Å². The minimum Gasteiger partial charge on any atom is -0.494 e. The largest absolute Gasteiger partial charge is 0.494 e. The molecule has 0 saturated heterocycles. The van der Waals surface area contributed by atoms with Crippen LogP contribution in [0.3, 0.4) is 0 Å². The summed E-state index contributed by atoms with van der Waals surface area (Å²) in [5.74, 6) is -0.841. The Balaban J connectivity index is 2.62. The third-order valence-corrected chi connectivity index (χ3v) is 2.63. The molecule has 6 nitrogen and oxygen atoms in total. The Labute approximate surface area is 113 Å². The second-order valence-electron chi connectivity index (χ2n) is 3.87. The summed E-state index contributed by atoms with van der Waals surface area (Å²) in [6, 6.07) is 6.34. The molecule has 104 valence electrons. The SMILES string of the molecule is CNC(=O)c1nn(-c2ccc(F)cc2)c(=O)cc1OC. The smallest absolute Gasteiger partial charge is 0.275 e. The number of hydrogen-bond acceptors (Lipinski definition) is 4. The van der Waals surface area contributed by atoms with Crippen molar-refractivity contribution in [2.45, 2.75) is 0 Å². The molecule has 0 atom stereocenters. The fourth-order valence-electron chi connectivity index (χ4n) is 1.64. The number of hydrogen-bond donors (Lipinski definition) is 1. The lowest BCUT2D eigenvalue weighted by Crippen LogP contribution is -2.28. The quantitative estimate of drug-likeness (QED) is 0.898. The van der Waals surface area contributed by atoms with E-state index in [1.165, 1.54) is 38.4 Å². The van der Waals surface area contributed by atoms with E-state index in [1.54, 1.807) is 0 Å². The van der Waals surface area contributed by atoms with Crippen LogP contribution in [0.25, 0.3) is 5.69 Å². The van der Waals surface area contributed by atoms with E-state index in [1.807, 2.05) is 0 Å². The molecule has 0 radical (unpaired) electrons. The van der Waals surface area contributed by atoms with E-state index in [9.17, 15) is 14.0 Å². The van der Waals surface area contributed by atoms with Gasteiger partial charge >= 0.3 is 0 Å². The predicted molar refractivity (Wildman–Crippen MR) is 69.7 cm³/mol. The maximum Gasteiger partial charge on any atom is 0.275 e. The molecule has 20 heavy (non-hydrogen) atoms. The summed E-state index contributed by atoms with van der Waals surface area (Å²) in [5.41, 5.74) is -0.163. The van der Waals surface area contributed by atoms with E-state index in [-0.39, 0.29) is 11.4 Å². The van der Waals surface area contributed by atoms with E-state index in [2.05, 4.69) is 10.4 Å². The zero-order valence-electron chi connectivity index (χ0n) is 10.9. The van der Waals surface area contributed by atoms with Gasteiger partial charge in [-0.05, 0) is 24.3 Å². The summed E-state index contributed by atoms with van der Waals surface area (Å²) in [5, 5.41) is 6.36. The van der Waals surface area contributed by atoms with E-state index in [0.717, 1.165) is 10.7 Å². The second kappa shape index (κ2) is 5.52. The Hall–Kier alpha value is -2.70. The molecule has 0 aliphatic carbocycles. The van der Waals surface area contributed by atoms with Crippen LogP contribution < -0.4 is 15.6 Å². The highest BCUT2D eigenvalue weighted by Gasteiger charge is 2.16. The highest BCUT2D eigenvalue weighted by molar-refractivity contribution is 5.94. The van der Waals surface area contributed by atoms with Gasteiger partial charge in [-0.25, -0.2) is 4.39 Å². The first-order valence-corrected chi connectivity index (χ1v) is 5.73. The van der Waals surface area contributed by atoms with Crippen LogP contribution in [-0.2, 0) is 0 Å². The molecule has 0 unspecified atom stereocenters. The first kappa shape index (κ1) is 13.7. The molecule has 0 aliphatic rings. The molecular formula is C13H12FN3O3. The molecule has 1 amide bonds. The number of rotatable bonds is 3. The topological polar surface area (TPSA) is 73.2 Å². The van der Waals surface area contributed by atoms with Gasteiger partial charge in [0.1, 0.15) is 5.82 Å². The number of carbonyl (C=O) groups is 1. The number of ether oxygens (including phenoxy) is 1. The Morgan fingerprint density at radius 1 is 1.35 bits per heavy atom. The van der Waals surface area contributed by atoms with Crippen LogP contribution in [0, 0.1) is 5.82 Å². The summed E-state index contributed by atoms with van der Waals surface area (Å²) in [6.07, 6.45) is 0. The van der Waals surface area contributed by atoms with E-state index in [4.69, 9.17) is 4.74 Å². The fraction of sp³-hybridized carbons (Fsp3) is 0.154. The predicted octanol–water partition coefficient (Wildman–Crippen LogP) is 0.740. The van der Waals surface area contributed by atoms with Crippen molar-refractivity contribution in [3.8, 4) is 11.4 Å². The van der Waals surface area contributed by atoms with Crippen molar-refractivity contribution in [2.24, 2.45) is 0 Å². The molecule has 1 heterocycles. The standard InChI is InChI=1S/C13H12FN3O3/c1-15-13(19)12-10(20-2)7-11(18)17(16-12)9-5-3-8(14)4-6-9/h3-7H,1-2H3,(H,15,19). The number of carbonyl (C=O) groups excluding carboxylic acids is 1. The minimum atomic E-state index is -0.488. The molecule has 0 saturated carbocycles. The summed E-state index contributed by atoms with van der Waals surface area (Å²) < 4.78 is 18.9. The van der Waals surface area contributed by atoms with Crippen molar-refractivity contribution in [1.82, 2.24) is 15.1 Å². The average Bonchev–Trinajstić information content (AvgIpc) is 2.47. The van der Waals surface area contributed by atoms with Crippen molar-refractivity contribution in [1.29, 1.82) is 0 Å². The van der Waals surface area contributed by atoms with Crippen molar-refractivity contribution in [2.75, 3.05) is 14.2 Å². The van der Waals surface area contributed by atoms with Crippen LogP contribution in [-0.4, -0.2) is 29.8 Å². The maximum atomic E-state index is 12.9. The molecular weight excluding hydrogens is 265 g/mol. The summed E-state index contributed by atoms with van der Waals surface area (Å²) in [7, 11) is 2.78. The molecule has 1 aromatic carbocycles. The number of nitrogens with zero attached hydrogens (tertiary/aromatic N) is 2. The Morgan fingerprint density at radius 3 is 2.55 bits per heavy atom. The van der Waals surface area contributed by atoms with Crippen LogP contribution in [0.1, 0.15) is 10.5 Å². The van der Waals surface area contributed by atoms with E-state index < -0.39 is 17.3 Å². The van der Waals surface area contributed by atoms with Crippen molar-refractivity contribution in [3.63, 3.8) is 0 Å². The van der Waals surface area contributed by atoms with Gasteiger partial charge in [-0.1, -0.05) is 0 Å². The highest BCUT2D eigenvalue weighted by Crippen LogP contribution is 2.14. The Kier molecular flexibility index (Phi) is 3.79. The second-order valence-corrected chi connectivity index (χ2v) is 3.87. The van der Waals surface area contributed by atoms with Crippen molar-refractivity contribution in [3.05, 3.63) is 52.2 Å². The van der Waals surface area contributed by atoms with Gasteiger partial charge < -0.3 is 10.1 Å². The van der Waals surface area contributed by atoms with Gasteiger partial charge in [-0.15, -0.1) is 0 Å². The highest BCUT2D eigenvalue weighted by atomic mass is 19.1. The van der Waals surface area contributed by atoms with Gasteiger partial charge in [0.2, 0.25) is 0 Å². The van der Waals surface area contributed by atoms with Gasteiger partial charge in [0.25, 0.3) is 11.5 Å². The molecule has 1 aromatic heterocycles. The average molecular weight is 277 g/mol. The minimum absolute atomic E-state index is 0.0288. The normalized spacial score (nSPS) is 10.2. The number of halogens is 1. The maximum absolute atomic E-state index is 12.9. The zero-order chi connectivity index (χ0) is 14.7. The van der Waals surface area contributed by atoms with Gasteiger partial charge in [-0.2, -0.15) is 9.78 Å². The lowest BCUT2D eigenvalue weighted by Gasteiger charge is -2.10. The summed E-state index contributed by atoms with van der Waals surface area (Å²) >= 11 is 0. The molecule has 1 N–H and O–H groups in total. The van der Waals surface area contributed by atoms with Crippen LogP contribution in [0.5, 0.6) is 5.75 Å². The summed E-state index contributed by atoms with van der Waals surface area (Å²) in [4.78, 5) is 23.7. The van der Waals surface area contributed by atoms with Crippen LogP contribution in [0.4, 0.5) is 4.39 Å². The number of methoxy groups -OCH3 is 1. The van der Waals surface area contributed by atoms with E-state index >= 15 is 0 Å². The molecule has 0 fully saturated rings. The molecule has 0 spiro atoms. The first-order valence-electron chi connectivity index (χ1n) is 5.73. The van der Waals surface area contributed by atoms with Gasteiger partial charge in [0, 0.05) is 7.05 Å². The monoisotopic (exact) mass is 277 g/mol. The first-order chi connectivity index (χ1) is 9.56. The molecule has 0 aliphatic heterocycles. The third-order valence-electron chi connectivity index (χ3n) is 2.63. The Morgan fingerprint density at radius 2 is 2.00 bits per heavy atom. The molecule has 2 aromatic rings. The number of amides is 1. The third kappa shape index (κ3) is 2.51. The van der Waals surface area contributed by atoms with Crippen molar-refractivity contribution >= 4 is 5.91 Å². The summed E-state index contributed by atoms with van der Waals surface area (Å²) in [6.45, 7) is 0. The lowest BCUT2D eigenvalue weighted by molar-refractivity contribution is 0.0953. The van der Waals surface area contributed by atoms with Gasteiger partial charge in [0.15, 0.2) is 11.4 Å². The van der Waals surface area contributed by atoms with Crippen LogP contribution in [0.2, 0.25) is 0 Å². The number of benzene rings is 1. The number of aromatic nitrogens is 2. The lowest BCUT2D eigenvalue weighted by atomic mass is 10.3. The van der Waals surface area contributed by atoms with Crippen LogP contribution >= 0.6 is 0 Å². The number of nitrogens with one attached hydrogen (secondary N) is 1. The molecule has 0 bridgehead atoms. The van der Waals surface area contributed by atoms with E-state index in [0.29, 0.717) is 5.69 Å². The fourth-order valence-corrected chi connectivity index (χ4v) is 1.64. The Bertz CT molecular complexity index is 695. The van der Waals surface area contributed by atoms with Gasteiger partial charge in [0.05, 0.1) is 18.9 Å². The molecule has 2 rings (SSSR count). The zero-order valence-corrected chi connectivity index (χ0v) is 10.9.